The fourth-order valence-corrected chi connectivity index (χ4v) is 4.74. The highest BCUT2D eigenvalue weighted by atomic mass is 16.2. The van der Waals surface area contributed by atoms with Gasteiger partial charge in [-0.3, -0.25) is 9.59 Å². The summed E-state index contributed by atoms with van der Waals surface area (Å²) in [6, 6.07) is 7.15. The summed E-state index contributed by atoms with van der Waals surface area (Å²) >= 11 is 0. The molecule has 0 aliphatic heterocycles. The summed E-state index contributed by atoms with van der Waals surface area (Å²) in [4.78, 5) is 25.4. The van der Waals surface area contributed by atoms with Gasteiger partial charge in [-0.15, -0.1) is 0 Å². The molecule has 1 N–H and O–H groups in total. The van der Waals surface area contributed by atoms with E-state index in [-0.39, 0.29) is 17.2 Å². The Morgan fingerprint density at radius 1 is 1.18 bits per heavy atom. The molecule has 2 saturated carbocycles. The molecule has 0 radical (unpaired) electrons. The average Bonchev–Trinajstić information content (AvgIpc) is 2.74. The van der Waals surface area contributed by atoms with Crippen LogP contribution in [0.15, 0.2) is 34.2 Å². The third kappa shape index (κ3) is 3.73. The van der Waals surface area contributed by atoms with Crippen molar-refractivity contribution in [3.8, 4) is 0 Å². The minimum Gasteiger partial charge on any atom is -0.267 e. The zero-order chi connectivity index (χ0) is 19.5. The minimum atomic E-state index is -0.348. The molecule has 2 fully saturated rings. The predicted molar refractivity (Wildman–Crippen MR) is 110 cm³/mol. The summed E-state index contributed by atoms with van der Waals surface area (Å²) in [7, 11) is 0. The zero-order valence-corrected chi connectivity index (χ0v) is 16.5. The SMILES string of the molecule is CCCn1nc(C(=O)N/N=C2/CC[C@H]3CCCC[C@@H]3C2)c2ccccc2c1=O. The number of aryl methyl sites for hydroxylation is 1. The van der Waals surface area contributed by atoms with Crippen molar-refractivity contribution in [3.05, 3.63) is 40.3 Å². The van der Waals surface area contributed by atoms with Crippen LogP contribution in [-0.2, 0) is 6.54 Å². The molecule has 28 heavy (non-hydrogen) atoms. The maximum Gasteiger partial charge on any atom is 0.292 e. The van der Waals surface area contributed by atoms with E-state index in [1.807, 2.05) is 19.1 Å². The van der Waals surface area contributed by atoms with E-state index in [4.69, 9.17) is 0 Å². The number of nitrogens with zero attached hydrogens (tertiary/aromatic N) is 3. The predicted octanol–water partition coefficient (Wildman–Crippen LogP) is 3.88. The molecule has 6 heteroatoms. The number of rotatable bonds is 4. The molecule has 0 unspecified atom stereocenters. The molecule has 2 atom stereocenters. The fourth-order valence-electron chi connectivity index (χ4n) is 4.74. The van der Waals surface area contributed by atoms with Gasteiger partial charge in [0.05, 0.1) is 5.39 Å². The Kier molecular flexibility index (Phi) is 5.55. The van der Waals surface area contributed by atoms with Gasteiger partial charge < -0.3 is 0 Å². The van der Waals surface area contributed by atoms with Gasteiger partial charge in [-0.25, -0.2) is 10.1 Å². The average molecular weight is 380 g/mol. The highest BCUT2D eigenvalue weighted by Gasteiger charge is 2.30. The van der Waals surface area contributed by atoms with Gasteiger partial charge in [-0.2, -0.15) is 10.2 Å². The molecule has 6 nitrogen and oxygen atoms in total. The molecule has 0 saturated heterocycles. The van der Waals surface area contributed by atoms with Crippen molar-refractivity contribution >= 4 is 22.4 Å². The van der Waals surface area contributed by atoms with Gasteiger partial charge in [0.1, 0.15) is 0 Å². The molecule has 0 bridgehead atoms. The van der Waals surface area contributed by atoms with Crippen molar-refractivity contribution < 1.29 is 4.79 Å². The van der Waals surface area contributed by atoms with Crippen molar-refractivity contribution in [1.29, 1.82) is 0 Å². The van der Waals surface area contributed by atoms with Crippen molar-refractivity contribution in [3.63, 3.8) is 0 Å². The second-order valence-corrected chi connectivity index (χ2v) is 8.09. The van der Waals surface area contributed by atoms with Gasteiger partial charge in [0.15, 0.2) is 5.69 Å². The summed E-state index contributed by atoms with van der Waals surface area (Å²) in [5.74, 6) is 1.22. The van der Waals surface area contributed by atoms with Crippen LogP contribution in [0.4, 0.5) is 0 Å². The number of fused-ring (bicyclic) bond motifs is 2. The van der Waals surface area contributed by atoms with Gasteiger partial charge in [-0.05, 0) is 50.0 Å². The van der Waals surface area contributed by atoms with Crippen LogP contribution in [0.1, 0.15) is 68.8 Å². The van der Waals surface area contributed by atoms with Crippen LogP contribution >= 0.6 is 0 Å². The van der Waals surface area contributed by atoms with Gasteiger partial charge in [0, 0.05) is 17.6 Å². The number of benzene rings is 1. The number of hydrazone groups is 1. The number of carbonyl (C=O) groups is 1. The molecule has 0 spiro atoms. The van der Waals surface area contributed by atoms with E-state index in [0.717, 1.165) is 36.8 Å². The molecule has 2 aliphatic rings. The summed E-state index contributed by atoms with van der Waals surface area (Å²) in [6.45, 7) is 2.47. The summed E-state index contributed by atoms with van der Waals surface area (Å²) in [5.41, 5.74) is 3.91. The second-order valence-electron chi connectivity index (χ2n) is 8.09. The lowest BCUT2D eigenvalue weighted by Gasteiger charge is -2.35. The summed E-state index contributed by atoms with van der Waals surface area (Å²) < 4.78 is 1.39. The Balaban J connectivity index is 1.57. The number of aromatic nitrogens is 2. The van der Waals surface area contributed by atoms with E-state index in [1.165, 1.54) is 36.8 Å². The van der Waals surface area contributed by atoms with E-state index in [0.29, 0.717) is 17.3 Å². The lowest BCUT2D eigenvalue weighted by molar-refractivity contribution is 0.0948. The normalized spacial score (nSPS) is 23.5. The van der Waals surface area contributed by atoms with Crippen LogP contribution in [0, 0.1) is 11.8 Å². The van der Waals surface area contributed by atoms with Crippen LogP contribution in [0.2, 0.25) is 0 Å². The molecule has 1 aromatic heterocycles. The van der Waals surface area contributed by atoms with Crippen LogP contribution in [-0.4, -0.2) is 21.4 Å². The summed E-state index contributed by atoms with van der Waals surface area (Å²) in [5, 5.41) is 9.88. The molecular formula is C22H28N4O2. The Morgan fingerprint density at radius 3 is 2.71 bits per heavy atom. The van der Waals surface area contributed by atoms with E-state index >= 15 is 0 Å². The minimum absolute atomic E-state index is 0.157. The third-order valence-corrected chi connectivity index (χ3v) is 6.20. The monoisotopic (exact) mass is 380 g/mol. The van der Waals surface area contributed by atoms with E-state index in [2.05, 4.69) is 15.6 Å². The Morgan fingerprint density at radius 2 is 1.93 bits per heavy atom. The molecule has 1 heterocycles. The number of carbonyl (C=O) groups excluding carboxylic acids is 1. The van der Waals surface area contributed by atoms with Gasteiger partial charge in [0.2, 0.25) is 0 Å². The molecule has 2 aliphatic carbocycles. The van der Waals surface area contributed by atoms with Crippen LogP contribution in [0.25, 0.3) is 10.8 Å². The highest BCUT2D eigenvalue weighted by Crippen LogP contribution is 2.39. The van der Waals surface area contributed by atoms with E-state index in [1.54, 1.807) is 12.1 Å². The standard InChI is InChI=1S/C22H28N4O2/c1-2-13-26-22(28)19-10-6-5-9-18(19)20(25-26)21(27)24-23-17-12-11-15-7-3-4-8-16(15)14-17/h5-6,9-10,15-16H,2-4,7-8,11-14H2,1H3,(H,24,27)/b23-17-/t15-,16-/m1/s1. The lowest BCUT2D eigenvalue weighted by atomic mass is 9.70. The number of nitrogens with one attached hydrogen (secondary N) is 1. The fraction of sp³-hybridized carbons (Fsp3) is 0.545. The smallest absolute Gasteiger partial charge is 0.267 e. The molecule has 2 aromatic rings. The molecule has 1 amide bonds. The van der Waals surface area contributed by atoms with Crippen LogP contribution in [0.5, 0.6) is 0 Å². The Bertz CT molecular complexity index is 963. The van der Waals surface area contributed by atoms with E-state index < -0.39 is 0 Å². The topological polar surface area (TPSA) is 76.3 Å². The van der Waals surface area contributed by atoms with E-state index in [9.17, 15) is 9.59 Å². The highest BCUT2D eigenvalue weighted by molar-refractivity contribution is 6.05. The molecule has 148 valence electrons. The Hall–Kier alpha value is -2.50. The van der Waals surface area contributed by atoms with Crippen LogP contribution < -0.4 is 11.0 Å². The summed E-state index contributed by atoms with van der Waals surface area (Å²) in [6.07, 6.45) is 9.22. The first-order valence-corrected chi connectivity index (χ1v) is 10.5. The third-order valence-electron chi connectivity index (χ3n) is 6.20. The zero-order valence-electron chi connectivity index (χ0n) is 16.5. The van der Waals surface area contributed by atoms with Gasteiger partial charge >= 0.3 is 0 Å². The van der Waals surface area contributed by atoms with Crippen molar-refractivity contribution in [1.82, 2.24) is 15.2 Å². The molecule has 1 aromatic carbocycles. The molecular weight excluding hydrogens is 352 g/mol. The van der Waals surface area contributed by atoms with Crippen molar-refractivity contribution in [2.45, 2.75) is 64.8 Å². The quantitative estimate of drug-likeness (QED) is 0.818. The van der Waals surface area contributed by atoms with Crippen LogP contribution in [0.3, 0.4) is 0 Å². The first-order chi connectivity index (χ1) is 13.7. The first kappa shape index (κ1) is 18.8. The van der Waals surface area contributed by atoms with Crippen molar-refractivity contribution in [2.75, 3.05) is 0 Å². The largest absolute Gasteiger partial charge is 0.292 e. The van der Waals surface area contributed by atoms with Crippen molar-refractivity contribution in [2.24, 2.45) is 16.9 Å². The van der Waals surface area contributed by atoms with Gasteiger partial charge in [-0.1, -0.05) is 44.4 Å². The number of hydrogen-bond donors (Lipinski definition) is 1. The second kappa shape index (κ2) is 8.25. The number of amides is 1. The lowest BCUT2D eigenvalue weighted by Crippen LogP contribution is -2.31. The number of hydrogen-bond acceptors (Lipinski definition) is 4. The Labute approximate surface area is 165 Å². The maximum atomic E-state index is 12.9. The van der Waals surface area contributed by atoms with Gasteiger partial charge in [0.25, 0.3) is 11.5 Å². The molecule has 4 rings (SSSR count). The first-order valence-electron chi connectivity index (χ1n) is 10.5. The maximum absolute atomic E-state index is 12.9.